The highest BCUT2D eigenvalue weighted by atomic mass is 32.2. The highest BCUT2D eigenvalue weighted by Crippen LogP contribution is 2.22. The third kappa shape index (κ3) is 3.37. The Morgan fingerprint density at radius 2 is 2.18 bits per heavy atom. The maximum atomic E-state index is 12.0. The fourth-order valence-electron chi connectivity index (χ4n) is 1.82. The quantitative estimate of drug-likeness (QED) is 0.733. The molecule has 0 bridgehead atoms. The predicted molar refractivity (Wildman–Crippen MR) is 83.7 cm³/mol. The van der Waals surface area contributed by atoms with Gasteiger partial charge in [-0.2, -0.15) is 0 Å². The van der Waals surface area contributed by atoms with Gasteiger partial charge in [0.05, 0.1) is 5.75 Å². The Kier molecular flexibility index (Phi) is 4.24. The van der Waals surface area contributed by atoms with E-state index in [4.69, 9.17) is 4.42 Å². The van der Waals surface area contributed by atoms with E-state index in [-0.39, 0.29) is 11.7 Å². The highest BCUT2D eigenvalue weighted by Gasteiger charge is 2.12. The molecular weight excluding hydrogens is 300 g/mol. The molecule has 0 aliphatic rings. The summed E-state index contributed by atoms with van der Waals surface area (Å²) in [5.74, 6) is 1.78. The van der Waals surface area contributed by atoms with Crippen molar-refractivity contribution in [2.24, 2.45) is 7.05 Å². The van der Waals surface area contributed by atoms with E-state index in [1.807, 2.05) is 17.8 Å². The summed E-state index contributed by atoms with van der Waals surface area (Å²) < 4.78 is 7.49. The lowest BCUT2D eigenvalue weighted by Crippen LogP contribution is -2.11. The molecule has 0 saturated carbocycles. The van der Waals surface area contributed by atoms with Gasteiger partial charge in [-0.3, -0.25) is 4.79 Å². The largest absolute Gasteiger partial charge is 0.455 e. The number of aromatic nitrogens is 3. The van der Waals surface area contributed by atoms with Crippen LogP contribution in [0, 0.1) is 0 Å². The number of carbonyl (C=O) groups is 1. The number of carbonyl (C=O) groups excluding carboxylic acids is 1. The smallest absolute Gasteiger partial charge is 0.292 e. The predicted octanol–water partition coefficient (Wildman–Crippen LogP) is 2.95. The lowest BCUT2D eigenvalue weighted by molar-refractivity contribution is 0.0995. The van der Waals surface area contributed by atoms with Crippen molar-refractivity contribution in [2.45, 2.75) is 10.9 Å². The second kappa shape index (κ2) is 6.48. The molecule has 6 nitrogen and oxygen atoms in total. The van der Waals surface area contributed by atoms with E-state index < -0.39 is 0 Å². The molecule has 1 N–H and O–H groups in total. The third-order valence-electron chi connectivity index (χ3n) is 2.91. The molecule has 0 fully saturated rings. The van der Waals surface area contributed by atoms with Gasteiger partial charge in [-0.25, -0.2) is 9.97 Å². The third-order valence-corrected chi connectivity index (χ3v) is 3.99. The summed E-state index contributed by atoms with van der Waals surface area (Å²) in [7, 11) is 1.93. The second-order valence-electron chi connectivity index (χ2n) is 4.54. The Labute approximate surface area is 131 Å². The summed E-state index contributed by atoms with van der Waals surface area (Å²) in [6, 6.07) is 8.77. The zero-order valence-corrected chi connectivity index (χ0v) is 12.7. The van der Waals surface area contributed by atoms with Crippen LogP contribution in [0.5, 0.6) is 0 Å². The number of nitrogens with zero attached hydrogens (tertiary/aromatic N) is 3. The van der Waals surface area contributed by atoms with Gasteiger partial charge in [0.25, 0.3) is 5.91 Å². The van der Waals surface area contributed by atoms with Crippen LogP contribution >= 0.6 is 11.8 Å². The van der Waals surface area contributed by atoms with Crippen LogP contribution in [0.15, 0.2) is 58.5 Å². The molecule has 0 aliphatic heterocycles. The van der Waals surface area contributed by atoms with E-state index in [9.17, 15) is 4.79 Å². The minimum atomic E-state index is -0.313. The van der Waals surface area contributed by atoms with Gasteiger partial charge in [0.2, 0.25) is 0 Å². The minimum absolute atomic E-state index is 0.265. The summed E-state index contributed by atoms with van der Waals surface area (Å²) in [6.45, 7) is 0. The molecule has 3 rings (SSSR count). The monoisotopic (exact) mass is 314 g/mol. The van der Waals surface area contributed by atoms with Crippen LogP contribution in [0.3, 0.4) is 0 Å². The number of thioether (sulfide) groups is 1. The van der Waals surface area contributed by atoms with Crippen molar-refractivity contribution in [3.63, 3.8) is 0 Å². The molecule has 22 heavy (non-hydrogen) atoms. The molecule has 0 saturated heterocycles. The number of aryl methyl sites for hydroxylation is 1. The van der Waals surface area contributed by atoms with E-state index in [1.165, 1.54) is 0 Å². The van der Waals surface area contributed by atoms with Gasteiger partial charge in [0.1, 0.15) is 11.6 Å². The molecule has 0 aromatic carbocycles. The highest BCUT2D eigenvalue weighted by molar-refractivity contribution is 7.98. The summed E-state index contributed by atoms with van der Waals surface area (Å²) in [4.78, 5) is 20.3. The number of rotatable bonds is 5. The first kappa shape index (κ1) is 14.4. The van der Waals surface area contributed by atoms with Gasteiger partial charge in [0.15, 0.2) is 10.9 Å². The van der Waals surface area contributed by atoms with Gasteiger partial charge >= 0.3 is 0 Å². The van der Waals surface area contributed by atoms with E-state index in [2.05, 4.69) is 15.3 Å². The van der Waals surface area contributed by atoms with Crippen molar-refractivity contribution < 1.29 is 9.21 Å². The fraction of sp³-hybridized carbons (Fsp3) is 0.133. The topological polar surface area (TPSA) is 73.0 Å². The first-order chi connectivity index (χ1) is 10.7. The second-order valence-corrected chi connectivity index (χ2v) is 5.49. The van der Waals surface area contributed by atoms with Crippen molar-refractivity contribution in [2.75, 3.05) is 5.32 Å². The maximum Gasteiger partial charge on any atom is 0.292 e. The Bertz CT molecular complexity index is 767. The van der Waals surface area contributed by atoms with Crippen LogP contribution in [-0.4, -0.2) is 20.4 Å². The Morgan fingerprint density at radius 1 is 1.27 bits per heavy atom. The number of hydrogen-bond donors (Lipinski definition) is 1. The first-order valence-electron chi connectivity index (χ1n) is 6.63. The molecule has 3 heterocycles. The number of nitrogens with one attached hydrogen (secondary N) is 1. The van der Waals surface area contributed by atoms with E-state index in [0.717, 1.165) is 10.9 Å². The molecule has 112 valence electrons. The van der Waals surface area contributed by atoms with Crippen LogP contribution in [0.25, 0.3) is 0 Å². The lowest BCUT2D eigenvalue weighted by atomic mass is 10.4. The molecule has 7 heteroatoms. The number of hydrogen-bond acceptors (Lipinski definition) is 5. The molecule has 3 aromatic rings. The van der Waals surface area contributed by atoms with E-state index in [1.54, 1.807) is 54.5 Å². The number of amides is 1. The van der Waals surface area contributed by atoms with Crippen molar-refractivity contribution in [1.29, 1.82) is 0 Å². The standard InChI is InChI=1S/C15H14N4O2S/c1-19-9-8-17-15(19)22-10-11-5-6-12(21-11)14(20)18-13-4-2-3-7-16-13/h2-9H,10H2,1H3,(H,16,18,20). The van der Waals surface area contributed by atoms with Crippen LogP contribution in [0.4, 0.5) is 5.82 Å². The van der Waals surface area contributed by atoms with Crippen LogP contribution in [-0.2, 0) is 12.8 Å². The summed E-state index contributed by atoms with van der Waals surface area (Å²) in [5.41, 5.74) is 0. The van der Waals surface area contributed by atoms with Crippen molar-refractivity contribution >= 4 is 23.5 Å². The summed E-state index contributed by atoms with van der Waals surface area (Å²) in [5, 5.41) is 3.58. The molecule has 0 aliphatic carbocycles. The zero-order valence-electron chi connectivity index (χ0n) is 11.9. The Balaban J connectivity index is 1.61. The Hall–Kier alpha value is -2.54. The summed E-state index contributed by atoms with van der Waals surface area (Å²) in [6.07, 6.45) is 5.25. The molecule has 0 radical (unpaired) electrons. The number of furan rings is 1. The Morgan fingerprint density at radius 3 is 2.91 bits per heavy atom. The average Bonchev–Trinajstić information content (AvgIpc) is 3.15. The van der Waals surface area contributed by atoms with Crippen LogP contribution < -0.4 is 5.32 Å². The van der Waals surface area contributed by atoms with Crippen LogP contribution in [0.2, 0.25) is 0 Å². The summed E-state index contributed by atoms with van der Waals surface area (Å²) >= 11 is 1.55. The van der Waals surface area contributed by atoms with E-state index in [0.29, 0.717) is 11.6 Å². The average molecular weight is 314 g/mol. The minimum Gasteiger partial charge on any atom is -0.455 e. The molecule has 0 atom stereocenters. The maximum absolute atomic E-state index is 12.0. The van der Waals surface area contributed by atoms with Crippen molar-refractivity contribution in [3.05, 3.63) is 60.4 Å². The zero-order chi connectivity index (χ0) is 15.4. The van der Waals surface area contributed by atoms with Crippen LogP contribution in [0.1, 0.15) is 16.3 Å². The van der Waals surface area contributed by atoms with Crippen molar-refractivity contribution in [3.8, 4) is 0 Å². The number of imidazole rings is 1. The van der Waals surface area contributed by atoms with Gasteiger partial charge < -0.3 is 14.3 Å². The van der Waals surface area contributed by atoms with Crippen molar-refractivity contribution in [1.82, 2.24) is 14.5 Å². The van der Waals surface area contributed by atoms with Gasteiger partial charge in [-0.05, 0) is 24.3 Å². The SMILES string of the molecule is Cn1ccnc1SCc1ccc(C(=O)Nc2ccccn2)o1. The van der Waals surface area contributed by atoms with Gasteiger partial charge in [-0.1, -0.05) is 17.8 Å². The van der Waals surface area contributed by atoms with E-state index >= 15 is 0 Å². The normalized spacial score (nSPS) is 10.6. The molecule has 3 aromatic heterocycles. The van der Waals surface area contributed by atoms with Gasteiger partial charge in [-0.15, -0.1) is 0 Å². The molecule has 0 unspecified atom stereocenters. The lowest BCUT2D eigenvalue weighted by Gasteiger charge is -2.01. The fourth-order valence-corrected chi connectivity index (χ4v) is 2.65. The molecule has 1 amide bonds. The number of pyridine rings is 1. The van der Waals surface area contributed by atoms with Gasteiger partial charge in [0, 0.05) is 25.6 Å². The molecular formula is C15H14N4O2S. The number of anilines is 1. The molecule has 0 spiro atoms. The first-order valence-corrected chi connectivity index (χ1v) is 7.62.